The number of carbonyl (C=O) groups excluding carboxylic acids is 1. The van der Waals surface area contributed by atoms with Gasteiger partial charge in [-0.3, -0.25) is 4.79 Å². The van der Waals surface area contributed by atoms with Gasteiger partial charge in [-0.05, 0) is 50.2 Å². The Morgan fingerprint density at radius 3 is 2.21 bits per heavy atom. The number of piperazine rings is 1. The average Bonchev–Trinajstić information content (AvgIpc) is 2.98. The number of hydrogen-bond donors (Lipinski definition) is 0. The first-order valence-electron chi connectivity index (χ1n) is 9.46. The van der Waals surface area contributed by atoms with E-state index in [1.54, 1.807) is 4.90 Å². The highest BCUT2D eigenvalue weighted by molar-refractivity contribution is 7.91. The highest BCUT2D eigenvalue weighted by atomic mass is 32.2. The fourth-order valence-corrected chi connectivity index (χ4v) is 6.05. The Balaban J connectivity index is 1.69. The number of anilines is 2. The summed E-state index contributed by atoms with van der Waals surface area (Å²) in [7, 11) is -3.22. The Kier molecular flexibility index (Phi) is 4.79. The molecule has 2 atom stereocenters. The molecule has 2 aromatic rings. The highest BCUT2D eigenvalue weighted by Crippen LogP contribution is 2.35. The van der Waals surface area contributed by atoms with E-state index in [1.807, 2.05) is 67.3 Å². The number of fused-ring (bicyclic) bond motifs is 1. The van der Waals surface area contributed by atoms with Gasteiger partial charge in [-0.1, -0.05) is 17.7 Å². The van der Waals surface area contributed by atoms with Gasteiger partial charge in [0.1, 0.15) is 5.75 Å². The smallest absolute Gasteiger partial charge is 0.246 e. The molecule has 2 aromatic carbocycles. The van der Waals surface area contributed by atoms with Crippen molar-refractivity contribution >= 4 is 27.1 Å². The molecule has 0 radical (unpaired) electrons. The van der Waals surface area contributed by atoms with E-state index in [1.165, 1.54) is 0 Å². The zero-order valence-corrected chi connectivity index (χ0v) is 16.9. The van der Waals surface area contributed by atoms with E-state index in [2.05, 4.69) is 0 Å². The highest BCUT2D eigenvalue weighted by Gasteiger charge is 2.49. The third kappa shape index (κ3) is 3.46. The summed E-state index contributed by atoms with van der Waals surface area (Å²) in [6, 6.07) is 14.5. The van der Waals surface area contributed by atoms with Gasteiger partial charge in [0.25, 0.3) is 0 Å². The molecule has 2 fully saturated rings. The van der Waals surface area contributed by atoms with Crippen LogP contribution < -0.4 is 14.5 Å². The summed E-state index contributed by atoms with van der Waals surface area (Å²) in [5.41, 5.74) is 2.72. The Hall–Kier alpha value is -2.54. The summed E-state index contributed by atoms with van der Waals surface area (Å²) in [5, 5.41) is 0. The molecule has 0 aliphatic carbocycles. The van der Waals surface area contributed by atoms with Crippen molar-refractivity contribution in [3.05, 3.63) is 54.1 Å². The fraction of sp³-hybridized carbons (Fsp3) is 0.381. The van der Waals surface area contributed by atoms with Crippen molar-refractivity contribution in [3.63, 3.8) is 0 Å². The number of benzene rings is 2. The van der Waals surface area contributed by atoms with Gasteiger partial charge in [0.15, 0.2) is 9.84 Å². The molecule has 28 heavy (non-hydrogen) atoms. The van der Waals surface area contributed by atoms with Crippen LogP contribution in [-0.2, 0) is 14.6 Å². The second-order valence-corrected chi connectivity index (χ2v) is 9.52. The summed E-state index contributed by atoms with van der Waals surface area (Å²) in [6.45, 7) is 4.64. The van der Waals surface area contributed by atoms with Crippen molar-refractivity contribution < 1.29 is 17.9 Å². The lowest BCUT2D eigenvalue weighted by molar-refractivity contribution is -0.118. The Bertz CT molecular complexity index is 970. The number of nitrogens with zero attached hydrogens (tertiary/aromatic N) is 2. The zero-order valence-electron chi connectivity index (χ0n) is 16.0. The van der Waals surface area contributed by atoms with Crippen molar-refractivity contribution in [3.8, 4) is 5.75 Å². The maximum atomic E-state index is 13.1. The maximum absolute atomic E-state index is 13.1. The van der Waals surface area contributed by atoms with Gasteiger partial charge in [0, 0.05) is 11.4 Å². The van der Waals surface area contributed by atoms with Crippen molar-refractivity contribution in [2.24, 2.45) is 0 Å². The molecule has 2 aliphatic rings. The molecule has 0 aromatic heterocycles. The van der Waals surface area contributed by atoms with Gasteiger partial charge in [-0.2, -0.15) is 0 Å². The van der Waals surface area contributed by atoms with Crippen molar-refractivity contribution in [1.29, 1.82) is 0 Å². The molecule has 2 saturated heterocycles. The van der Waals surface area contributed by atoms with Crippen LogP contribution in [0.25, 0.3) is 0 Å². The molecule has 0 saturated carbocycles. The predicted molar refractivity (Wildman–Crippen MR) is 110 cm³/mol. The minimum atomic E-state index is -3.22. The van der Waals surface area contributed by atoms with Gasteiger partial charge in [-0.25, -0.2) is 8.42 Å². The lowest BCUT2D eigenvalue weighted by atomic mass is 10.0. The van der Waals surface area contributed by atoms with E-state index < -0.39 is 15.9 Å². The van der Waals surface area contributed by atoms with Gasteiger partial charge in [0.05, 0.1) is 36.7 Å². The normalized spacial score (nSPS) is 23.6. The molecule has 0 N–H and O–H groups in total. The number of aryl methyl sites for hydroxylation is 1. The van der Waals surface area contributed by atoms with E-state index in [-0.39, 0.29) is 30.0 Å². The van der Waals surface area contributed by atoms with Crippen LogP contribution in [0.5, 0.6) is 5.75 Å². The van der Waals surface area contributed by atoms with Crippen LogP contribution in [0.2, 0.25) is 0 Å². The standard InChI is InChI=1S/C21H24N2O4S/c1-3-27-18-10-8-17(9-11-18)23-20-14-28(25,26)13-19(20)22(12-21(23)24)16-6-4-15(2)5-7-16/h4-11,19-20H,3,12-14H2,1-2H3/t19-,20-/m0/s1. The summed E-state index contributed by atoms with van der Waals surface area (Å²) in [6.07, 6.45) is 0. The van der Waals surface area contributed by atoms with Crippen LogP contribution in [0.3, 0.4) is 0 Å². The largest absolute Gasteiger partial charge is 0.494 e. The quantitative estimate of drug-likeness (QED) is 0.789. The lowest BCUT2D eigenvalue weighted by Crippen LogP contribution is -2.62. The van der Waals surface area contributed by atoms with Gasteiger partial charge in [-0.15, -0.1) is 0 Å². The first-order valence-corrected chi connectivity index (χ1v) is 11.3. The predicted octanol–water partition coefficient (Wildman–Crippen LogP) is 2.41. The molecule has 2 heterocycles. The summed E-state index contributed by atoms with van der Waals surface area (Å²) in [4.78, 5) is 16.7. The first-order chi connectivity index (χ1) is 13.4. The lowest BCUT2D eigenvalue weighted by Gasteiger charge is -2.44. The third-order valence-corrected chi connectivity index (χ3v) is 7.09. The molecule has 2 aliphatic heterocycles. The number of carbonyl (C=O) groups is 1. The molecule has 6 nitrogen and oxygen atoms in total. The maximum Gasteiger partial charge on any atom is 0.246 e. The summed E-state index contributed by atoms with van der Waals surface area (Å²) in [5.74, 6) is 0.682. The van der Waals surface area contributed by atoms with Crippen LogP contribution in [0.4, 0.5) is 11.4 Å². The molecular weight excluding hydrogens is 376 g/mol. The number of amides is 1. The number of hydrogen-bond acceptors (Lipinski definition) is 5. The molecule has 4 rings (SSSR count). The molecule has 0 unspecified atom stereocenters. The molecule has 1 amide bonds. The average molecular weight is 401 g/mol. The molecule has 0 bridgehead atoms. The van der Waals surface area contributed by atoms with Crippen LogP contribution in [0, 0.1) is 6.92 Å². The Labute approximate surface area is 165 Å². The van der Waals surface area contributed by atoms with E-state index in [0.29, 0.717) is 12.3 Å². The van der Waals surface area contributed by atoms with Gasteiger partial charge < -0.3 is 14.5 Å². The van der Waals surface area contributed by atoms with Gasteiger partial charge in [0.2, 0.25) is 5.91 Å². The second kappa shape index (κ2) is 7.13. The Morgan fingerprint density at radius 2 is 1.57 bits per heavy atom. The van der Waals surface area contributed by atoms with E-state index in [0.717, 1.165) is 17.0 Å². The molecule has 7 heteroatoms. The third-order valence-electron chi connectivity index (χ3n) is 5.39. The van der Waals surface area contributed by atoms with Crippen molar-refractivity contribution in [2.45, 2.75) is 25.9 Å². The van der Waals surface area contributed by atoms with Crippen LogP contribution in [0.1, 0.15) is 12.5 Å². The molecule has 148 valence electrons. The monoisotopic (exact) mass is 400 g/mol. The van der Waals surface area contributed by atoms with Crippen LogP contribution in [0.15, 0.2) is 48.5 Å². The minimum Gasteiger partial charge on any atom is -0.494 e. The fourth-order valence-electron chi connectivity index (χ4n) is 4.10. The molecule has 0 spiro atoms. The van der Waals surface area contributed by atoms with Gasteiger partial charge >= 0.3 is 0 Å². The second-order valence-electron chi connectivity index (χ2n) is 7.37. The first kappa shape index (κ1) is 18.8. The summed E-state index contributed by atoms with van der Waals surface area (Å²) >= 11 is 0. The number of rotatable bonds is 4. The van der Waals surface area contributed by atoms with E-state index in [4.69, 9.17) is 4.74 Å². The van der Waals surface area contributed by atoms with E-state index in [9.17, 15) is 13.2 Å². The Morgan fingerprint density at radius 1 is 0.964 bits per heavy atom. The van der Waals surface area contributed by atoms with Crippen LogP contribution >= 0.6 is 0 Å². The number of sulfone groups is 1. The topological polar surface area (TPSA) is 66.9 Å². The SMILES string of the molecule is CCOc1ccc(N2C(=O)CN(c3ccc(C)cc3)[C@H]3CS(=O)(=O)C[C@@H]32)cc1. The summed E-state index contributed by atoms with van der Waals surface area (Å²) < 4.78 is 30.4. The number of ether oxygens (including phenoxy) is 1. The molecular formula is C21H24N2O4S. The van der Waals surface area contributed by atoms with Crippen molar-refractivity contribution in [1.82, 2.24) is 0 Å². The van der Waals surface area contributed by atoms with Crippen LogP contribution in [-0.4, -0.2) is 51.1 Å². The van der Waals surface area contributed by atoms with E-state index >= 15 is 0 Å². The zero-order chi connectivity index (χ0) is 19.9. The van der Waals surface area contributed by atoms with Crippen molar-refractivity contribution in [2.75, 3.05) is 34.5 Å². The minimum absolute atomic E-state index is 0.0149.